The number of halogens is 1. The maximum absolute atomic E-state index is 13.7. The maximum atomic E-state index is 13.7. The van der Waals surface area contributed by atoms with Crippen LogP contribution in [0.25, 0.3) is 5.69 Å². The van der Waals surface area contributed by atoms with Crippen molar-refractivity contribution in [2.45, 2.75) is 0 Å². The Labute approximate surface area is 101 Å². The van der Waals surface area contributed by atoms with Crippen LogP contribution in [0.3, 0.4) is 0 Å². The maximum Gasteiger partial charge on any atom is 0.271 e. The van der Waals surface area contributed by atoms with Gasteiger partial charge in [0.25, 0.3) is 5.91 Å². The molecule has 0 fully saturated rings. The van der Waals surface area contributed by atoms with Crippen molar-refractivity contribution in [2.24, 2.45) is 5.73 Å². The number of carbonyl (C=O) groups is 1. The summed E-state index contributed by atoms with van der Waals surface area (Å²) in [6.45, 7) is 0. The summed E-state index contributed by atoms with van der Waals surface area (Å²) in [5.41, 5.74) is 10.8. The number of nitrogen functional groups attached to an aromatic ring is 1. The Morgan fingerprint density at radius 3 is 2.72 bits per heavy atom. The molecule has 0 radical (unpaired) electrons. The quantitative estimate of drug-likeness (QED) is 0.805. The highest BCUT2D eigenvalue weighted by Crippen LogP contribution is 2.17. The molecule has 18 heavy (non-hydrogen) atoms. The number of nitrogens with two attached hydrogens (primary N) is 2. The van der Waals surface area contributed by atoms with Crippen molar-refractivity contribution in [3.63, 3.8) is 0 Å². The molecule has 0 saturated heterocycles. The fourth-order valence-electron chi connectivity index (χ4n) is 1.46. The van der Waals surface area contributed by atoms with Crippen molar-refractivity contribution >= 4 is 11.6 Å². The Morgan fingerprint density at radius 1 is 1.50 bits per heavy atom. The van der Waals surface area contributed by atoms with Crippen LogP contribution in [0.4, 0.5) is 10.1 Å². The summed E-state index contributed by atoms with van der Waals surface area (Å²) in [6.07, 6.45) is 1.28. The lowest BCUT2D eigenvalue weighted by Crippen LogP contribution is -2.14. The molecule has 2 rings (SSSR count). The van der Waals surface area contributed by atoms with Gasteiger partial charge in [-0.3, -0.25) is 4.79 Å². The van der Waals surface area contributed by atoms with E-state index in [0.29, 0.717) is 0 Å². The number of hydrogen-bond acceptors (Lipinski definition) is 4. The van der Waals surface area contributed by atoms with Crippen LogP contribution >= 0.6 is 0 Å². The third-order valence-electron chi connectivity index (χ3n) is 2.30. The highest BCUT2D eigenvalue weighted by molar-refractivity contribution is 5.95. The van der Waals surface area contributed by atoms with Gasteiger partial charge >= 0.3 is 0 Å². The molecule has 6 nitrogen and oxygen atoms in total. The van der Waals surface area contributed by atoms with Crippen molar-refractivity contribution in [3.05, 3.63) is 41.5 Å². The summed E-state index contributed by atoms with van der Waals surface area (Å²) in [4.78, 5) is 11.0. The number of hydrogen-bond donors (Lipinski definition) is 2. The first-order chi connectivity index (χ1) is 8.52. The molecule has 1 amide bonds. The zero-order chi connectivity index (χ0) is 13.3. The molecule has 4 N–H and O–H groups in total. The standard InChI is InChI=1S/C11H8FN5O/c12-7-3-6(4-13)1-2-9(7)17-5-8(14)10(16-17)11(15)18/h1-3,5H,14H2,(H2,15,18). The third kappa shape index (κ3) is 1.87. The number of benzene rings is 1. The van der Waals surface area contributed by atoms with Crippen molar-refractivity contribution in [1.29, 1.82) is 5.26 Å². The molecule has 1 aromatic carbocycles. The van der Waals surface area contributed by atoms with E-state index in [0.717, 1.165) is 10.7 Å². The minimum absolute atomic E-state index is 0.0614. The molecular formula is C11H8FN5O. The van der Waals surface area contributed by atoms with Crippen LogP contribution in [-0.4, -0.2) is 15.7 Å². The summed E-state index contributed by atoms with van der Waals surface area (Å²) < 4.78 is 14.8. The molecule has 0 atom stereocenters. The van der Waals surface area contributed by atoms with E-state index in [4.69, 9.17) is 16.7 Å². The molecule has 90 valence electrons. The van der Waals surface area contributed by atoms with Crippen LogP contribution in [0, 0.1) is 17.1 Å². The first kappa shape index (κ1) is 11.6. The minimum atomic E-state index is -0.791. The molecular weight excluding hydrogens is 237 g/mol. The van der Waals surface area contributed by atoms with Crippen LogP contribution < -0.4 is 11.5 Å². The second-order valence-corrected chi connectivity index (χ2v) is 3.52. The van der Waals surface area contributed by atoms with E-state index in [1.165, 1.54) is 18.3 Å². The smallest absolute Gasteiger partial charge is 0.271 e. The fraction of sp³-hybridized carbons (Fsp3) is 0. The number of nitriles is 1. The Morgan fingerprint density at radius 2 is 2.22 bits per heavy atom. The topological polar surface area (TPSA) is 111 Å². The molecule has 0 unspecified atom stereocenters. The summed E-state index contributed by atoms with van der Waals surface area (Å²) in [7, 11) is 0. The first-order valence-corrected chi connectivity index (χ1v) is 4.88. The number of rotatable bonds is 2. The van der Waals surface area contributed by atoms with Gasteiger partial charge in [0, 0.05) is 0 Å². The van der Waals surface area contributed by atoms with Gasteiger partial charge in [-0.1, -0.05) is 0 Å². The van der Waals surface area contributed by atoms with Crippen molar-refractivity contribution < 1.29 is 9.18 Å². The van der Waals surface area contributed by atoms with E-state index in [-0.39, 0.29) is 22.6 Å². The van der Waals surface area contributed by atoms with Gasteiger partial charge in [0.1, 0.15) is 11.5 Å². The molecule has 0 spiro atoms. The molecule has 0 bridgehead atoms. The Kier molecular flexibility index (Phi) is 2.69. The summed E-state index contributed by atoms with van der Waals surface area (Å²) in [5, 5.41) is 12.4. The molecule has 1 heterocycles. The lowest BCUT2D eigenvalue weighted by atomic mass is 10.2. The predicted molar refractivity (Wildman–Crippen MR) is 61.2 cm³/mol. The average Bonchev–Trinajstić information content (AvgIpc) is 2.71. The van der Waals surface area contributed by atoms with E-state index in [1.54, 1.807) is 0 Å². The van der Waals surface area contributed by atoms with E-state index in [9.17, 15) is 9.18 Å². The lowest BCUT2D eigenvalue weighted by Gasteiger charge is -2.02. The fourth-order valence-corrected chi connectivity index (χ4v) is 1.46. The van der Waals surface area contributed by atoms with Crippen LogP contribution in [0.2, 0.25) is 0 Å². The second kappa shape index (κ2) is 4.18. The van der Waals surface area contributed by atoms with Gasteiger partial charge in [-0.05, 0) is 18.2 Å². The van der Waals surface area contributed by atoms with E-state index in [1.807, 2.05) is 6.07 Å². The number of carbonyl (C=O) groups excluding carboxylic acids is 1. The van der Waals surface area contributed by atoms with Crippen LogP contribution in [0.15, 0.2) is 24.4 Å². The molecule has 0 saturated carbocycles. The Balaban J connectivity index is 2.53. The predicted octanol–water partition coefficient (Wildman–Crippen LogP) is 0.564. The summed E-state index contributed by atoms with van der Waals surface area (Å²) in [5.74, 6) is -1.44. The number of amides is 1. The van der Waals surface area contributed by atoms with E-state index < -0.39 is 11.7 Å². The highest BCUT2D eigenvalue weighted by Gasteiger charge is 2.14. The minimum Gasteiger partial charge on any atom is -0.396 e. The Hall–Kier alpha value is -2.88. The summed E-state index contributed by atoms with van der Waals surface area (Å²) >= 11 is 0. The van der Waals surface area contributed by atoms with E-state index >= 15 is 0 Å². The zero-order valence-electron chi connectivity index (χ0n) is 9.09. The SMILES string of the molecule is N#Cc1ccc(-n2cc(N)c(C(N)=O)n2)c(F)c1. The zero-order valence-corrected chi connectivity index (χ0v) is 9.09. The van der Waals surface area contributed by atoms with Gasteiger partial charge in [-0.25, -0.2) is 9.07 Å². The normalized spacial score (nSPS) is 10.0. The highest BCUT2D eigenvalue weighted by atomic mass is 19.1. The third-order valence-corrected chi connectivity index (χ3v) is 2.30. The monoisotopic (exact) mass is 245 g/mol. The number of anilines is 1. The van der Waals surface area contributed by atoms with Crippen molar-refractivity contribution in [1.82, 2.24) is 9.78 Å². The van der Waals surface area contributed by atoms with Gasteiger partial charge in [0.05, 0.1) is 23.5 Å². The second-order valence-electron chi connectivity index (χ2n) is 3.52. The number of nitrogens with zero attached hydrogens (tertiary/aromatic N) is 3. The van der Waals surface area contributed by atoms with E-state index in [2.05, 4.69) is 5.10 Å². The lowest BCUT2D eigenvalue weighted by molar-refractivity contribution is 0.0996. The molecule has 2 aromatic rings. The molecule has 0 aliphatic carbocycles. The van der Waals surface area contributed by atoms with Crippen molar-refractivity contribution in [3.8, 4) is 11.8 Å². The average molecular weight is 245 g/mol. The van der Waals surface area contributed by atoms with Gasteiger partial charge < -0.3 is 11.5 Å². The van der Waals surface area contributed by atoms with Crippen LogP contribution in [-0.2, 0) is 0 Å². The van der Waals surface area contributed by atoms with Gasteiger partial charge in [0.15, 0.2) is 5.69 Å². The van der Waals surface area contributed by atoms with Gasteiger partial charge in [0.2, 0.25) is 0 Å². The summed E-state index contributed by atoms with van der Waals surface area (Å²) in [6, 6.07) is 5.68. The van der Waals surface area contributed by atoms with Crippen LogP contribution in [0.5, 0.6) is 0 Å². The van der Waals surface area contributed by atoms with Crippen molar-refractivity contribution in [2.75, 3.05) is 5.73 Å². The Bertz CT molecular complexity index is 671. The molecule has 0 aliphatic rings. The molecule has 1 aromatic heterocycles. The largest absolute Gasteiger partial charge is 0.396 e. The van der Waals surface area contributed by atoms with Gasteiger partial charge in [-0.15, -0.1) is 0 Å². The number of aromatic nitrogens is 2. The first-order valence-electron chi connectivity index (χ1n) is 4.88. The van der Waals surface area contributed by atoms with Crippen LogP contribution in [0.1, 0.15) is 16.1 Å². The van der Waals surface area contributed by atoms with Gasteiger partial charge in [-0.2, -0.15) is 10.4 Å². The molecule has 0 aliphatic heterocycles. The number of primary amides is 1. The molecule has 7 heteroatoms.